The normalized spacial score (nSPS) is 13.3. The lowest BCUT2D eigenvalue weighted by Gasteiger charge is -2.11. The van der Waals surface area contributed by atoms with Crippen molar-refractivity contribution in [2.45, 2.75) is 30.7 Å². The Morgan fingerprint density at radius 1 is 1.19 bits per heavy atom. The Labute approximate surface area is 164 Å². The molecule has 0 atom stereocenters. The average Bonchev–Trinajstić information content (AvgIpc) is 3.06. The van der Waals surface area contributed by atoms with Crippen LogP contribution in [0.2, 0.25) is 0 Å². The monoisotopic (exact) mass is 398 g/mol. The molecule has 0 saturated heterocycles. The number of nitrogens with two attached hydrogens (primary N) is 1. The number of hydrogen-bond donors (Lipinski definition) is 2. The number of fused-ring (bicyclic) bond motifs is 3. The topological polar surface area (TPSA) is 98.0 Å². The van der Waals surface area contributed by atoms with Gasteiger partial charge in [-0.05, 0) is 43.4 Å². The van der Waals surface area contributed by atoms with E-state index in [2.05, 4.69) is 15.3 Å². The predicted octanol–water partition coefficient (Wildman–Crippen LogP) is 3.40. The zero-order valence-electron chi connectivity index (χ0n) is 14.5. The maximum atomic E-state index is 12.4. The number of thioether (sulfide) groups is 1. The van der Waals surface area contributed by atoms with Gasteiger partial charge in [0, 0.05) is 10.3 Å². The Morgan fingerprint density at radius 3 is 2.85 bits per heavy atom. The third kappa shape index (κ3) is 3.68. The molecule has 1 aliphatic rings. The molecule has 0 fully saturated rings. The summed E-state index contributed by atoms with van der Waals surface area (Å²) in [5, 5.41) is 4.71. The number of nitrogens with zero attached hydrogens (tertiary/aromatic N) is 2. The molecular weight excluding hydrogens is 380 g/mol. The molecule has 3 N–H and O–H groups in total. The molecule has 1 aliphatic carbocycles. The summed E-state index contributed by atoms with van der Waals surface area (Å²) < 4.78 is 0. The van der Waals surface area contributed by atoms with Crippen LogP contribution in [0.5, 0.6) is 0 Å². The van der Waals surface area contributed by atoms with Gasteiger partial charge in [-0.3, -0.25) is 9.59 Å². The van der Waals surface area contributed by atoms with E-state index in [-0.39, 0.29) is 11.7 Å². The number of aryl methyl sites for hydroxylation is 2. The van der Waals surface area contributed by atoms with E-state index in [0.717, 1.165) is 28.1 Å². The van der Waals surface area contributed by atoms with E-state index in [1.54, 1.807) is 41.9 Å². The molecule has 0 aliphatic heterocycles. The van der Waals surface area contributed by atoms with Crippen LogP contribution in [-0.4, -0.2) is 27.5 Å². The smallest absolute Gasteiger partial charge is 0.250 e. The van der Waals surface area contributed by atoms with Crippen LogP contribution in [0.4, 0.5) is 5.69 Å². The summed E-state index contributed by atoms with van der Waals surface area (Å²) in [5.41, 5.74) is 7.44. The molecule has 27 heavy (non-hydrogen) atoms. The van der Waals surface area contributed by atoms with E-state index >= 15 is 0 Å². The fourth-order valence-electron chi connectivity index (χ4n) is 3.30. The molecule has 138 valence electrons. The number of hydrogen-bond acceptors (Lipinski definition) is 6. The molecule has 0 bridgehead atoms. The lowest BCUT2D eigenvalue weighted by Crippen LogP contribution is -2.19. The van der Waals surface area contributed by atoms with Crippen LogP contribution in [0.25, 0.3) is 10.2 Å². The number of amides is 2. The molecule has 2 heterocycles. The third-order valence-electron chi connectivity index (χ3n) is 4.52. The van der Waals surface area contributed by atoms with Gasteiger partial charge < -0.3 is 11.1 Å². The van der Waals surface area contributed by atoms with Gasteiger partial charge >= 0.3 is 0 Å². The van der Waals surface area contributed by atoms with Crippen LogP contribution < -0.4 is 11.1 Å². The fourth-order valence-corrected chi connectivity index (χ4v) is 5.42. The van der Waals surface area contributed by atoms with Crippen molar-refractivity contribution in [3.63, 3.8) is 0 Å². The van der Waals surface area contributed by atoms with Crippen molar-refractivity contribution in [3.8, 4) is 0 Å². The summed E-state index contributed by atoms with van der Waals surface area (Å²) >= 11 is 3.14. The van der Waals surface area contributed by atoms with Crippen molar-refractivity contribution in [1.29, 1.82) is 0 Å². The van der Waals surface area contributed by atoms with Crippen LogP contribution >= 0.6 is 23.1 Å². The van der Waals surface area contributed by atoms with Crippen molar-refractivity contribution < 1.29 is 9.59 Å². The maximum absolute atomic E-state index is 12.4. The molecule has 6 nitrogen and oxygen atoms in total. The first-order valence-electron chi connectivity index (χ1n) is 8.70. The number of aromatic nitrogens is 2. The second-order valence-corrected chi connectivity index (χ2v) is 8.36. The maximum Gasteiger partial charge on any atom is 0.250 e. The second kappa shape index (κ2) is 7.66. The Hall–Kier alpha value is -2.45. The number of anilines is 1. The highest BCUT2D eigenvalue weighted by molar-refractivity contribution is 8.00. The number of primary amides is 1. The van der Waals surface area contributed by atoms with Crippen molar-refractivity contribution in [2.24, 2.45) is 5.73 Å². The molecule has 1 aromatic carbocycles. The van der Waals surface area contributed by atoms with E-state index in [9.17, 15) is 9.59 Å². The minimum absolute atomic E-state index is 0.198. The molecule has 8 heteroatoms. The molecule has 2 aromatic heterocycles. The zero-order chi connectivity index (χ0) is 18.8. The second-order valence-electron chi connectivity index (χ2n) is 6.32. The Balaban J connectivity index is 1.52. The van der Waals surface area contributed by atoms with Gasteiger partial charge in [0.2, 0.25) is 5.91 Å². The number of benzene rings is 1. The summed E-state index contributed by atoms with van der Waals surface area (Å²) in [6, 6.07) is 6.72. The van der Waals surface area contributed by atoms with Crippen molar-refractivity contribution >= 4 is 50.8 Å². The largest absolute Gasteiger partial charge is 0.366 e. The molecule has 3 aromatic rings. The van der Waals surface area contributed by atoms with E-state index in [1.807, 2.05) is 0 Å². The molecular formula is C19H18N4O2S2. The summed E-state index contributed by atoms with van der Waals surface area (Å²) in [4.78, 5) is 35.1. The first kappa shape index (κ1) is 17.9. The van der Waals surface area contributed by atoms with Gasteiger partial charge in [-0.15, -0.1) is 11.3 Å². The van der Waals surface area contributed by atoms with Gasteiger partial charge in [0.15, 0.2) is 0 Å². The van der Waals surface area contributed by atoms with E-state index in [4.69, 9.17) is 5.73 Å². The highest BCUT2D eigenvalue weighted by atomic mass is 32.2. The number of carbonyl (C=O) groups excluding carboxylic acids is 2. The van der Waals surface area contributed by atoms with Gasteiger partial charge in [0.25, 0.3) is 5.91 Å². The SMILES string of the molecule is NC(=O)c1ccccc1NC(=O)CSc1ncnc2sc3c(c12)CCCC3. The van der Waals surface area contributed by atoms with Gasteiger partial charge in [0.1, 0.15) is 16.2 Å². The van der Waals surface area contributed by atoms with E-state index in [1.165, 1.54) is 35.0 Å². The first-order valence-corrected chi connectivity index (χ1v) is 10.5. The van der Waals surface area contributed by atoms with E-state index in [0.29, 0.717) is 11.3 Å². The molecule has 0 saturated carbocycles. The summed E-state index contributed by atoms with van der Waals surface area (Å²) in [5.74, 6) is -0.574. The van der Waals surface area contributed by atoms with Crippen LogP contribution in [0.3, 0.4) is 0 Å². The number of carbonyl (C=O) groups is 2. The van der Waals surface area contributed by atoms with Gasteiger partial charge in [-0.2, -0.15) is 0 Å². The third-order valence-corrected chi connectivity index (χ3v) is 6.71. The van der Waals surface area contributed by atoms with Crippen molar-refractivity contribution in [2.75, 3.05) is 11.1 Å². The van der Waals surface area contributed by atoms with Gasteiger partial charge in [0.05, 0.1) is 17.0 Å². The van der Waals surface area contributed by atoms with Crippen LogP contribution in [0, 0.1) is 0 Å². The molecule has 0 radical (unpaired) electrons. The number of rotatable bonds is 5. The van der Waals surface area contributed by atoms with Crippen LogP contribution in [0.15, 0.2) is 35.6 Å². The number of thiophene rings is 1. The van der Waals surface area contributed by atoms with Crippen LogP contribution in [-0.2, 0) is 17.6 Å². The van der Waals surface area contributed by atoms with Gasteiger partial charge in [-0.25, -0.2) is 9.97 Å². The summed E-state index contributed by atoms with van der Waals surface area (Å²) in [7, 11) is 0. The van der Waals surface area contributed by atoms with Gasteiger partial charge in [-0.1, -0.05) is 23.9 Å². The lowest BCUT2D eigenvalue weighted by molar-refractivity contribution is -0.113. The minimum atomic E-state index is -0.569. The fraction of sp³-hybridized carbons (Fsp3) is 0.263. The average molecular weight is 399 g/mol. The number of para-hydroxylation sites is 1. The minimum Gasteiger partial charge on any atom is -0.366 e. The molecule has 0 spiro atoms. The zero-order valence-corrected chi connectivity index (χ0v) is 16.2. The molecule has 4 rings (SSSR count). The number of nitrogens with one attached hydrogen (secondary N) is 1. The molecule has 0 unspecified atom stereocenters. The Morgan fingerprint density at radius 2 is 2.00 bits per heavy atom. The first-order chi connectivity index (χ1) is 13.1. The Kier molecular flexibility index (Phi) is 5.09. The highest BCUT2D eigenvalue weighted by Crippen LogP contribution is 2.39. The summed E-state index contributed by atoms with van der Waals surface area (Å²) in [6.45, 7) is 0. The Bertz CT molecular complexity index is 1030. The van der Waals surface area contributed by atoms with Crippen molar-refractivity contribution in [1.82, 2.24) is 9.97 Å². The van der Waals surface area contributed by atoms with E-state index < -0.39 is 5.91 Å². The van der Waals surface area contributed by atoms with Crippen LogP contribution in [0.1, 0.15) is 33.6 Å². The summed E-state index contributed by atoms with van der Waals surface area (Å²) in [6.07, 6.45) is 6.12. The highest BCUT2D eigenvalue weighted by Gasteiger charge is 2.20. The van der Waals surface area contributed by atoms with Crippen molar-refractivity contribution in [3.05, 3.63) is 46.6 Å². The standard InChI is InChI=1S/C19H18N4O2S2/c20-17(25)11-5-1-3-7-13(11)23-15(24)9-26-18-16-12-6-2-4-8-14(12)27-19(16)22-10-21-18/h1,3,5,7,10H,2,4,6,8-9H2,(H2,20,25)(H,23,24). The quantitative estimate of drug-likeness (QED) is 0.507. The molecule has 2 amide bonds. The lowest BCUT2D eigenvalue weighted by atomic mass is 9.97. The predicted molar refractivity (Wildman–Crippen MR) is 108 cm³/mol.